The van der Waals surface area contributed by atoms with E-state index in [1.54, 1.807) is 6.20 Å². The van der Waals surface area contributed by atoms with Crippen molar-refractivity contribution in [3.05, 3.63) is 70.6 Å². The smallest absolute Gasteiger partial charge is 0.404 e. The number of halogens is 1. The molecule has 5 rings (SSSR count). The highest BCUT2D eigenvalue weighted by Crippen LogP contribution is 2.34. The summed E-state index contributed by atoms with van der Waals surface area (Å²) in [6, 6.07) is 11.7. The van der Waals surface area contributed by atoms with Gasteiger partial charge in [-0.3, -0.25) is 9.88 Å². The van der Waals surface area contributed by atoms with E-state index in [0.717, 1.165) is 65.2 Å². The van der Waals surface area contributed by atoms with Crippen molar-refractivity contribution in [1.29, 1.82) is 0 Å². The molecule has 0 aliphatic carbocycles. The molecule has 1 saturated heterocycles. The maximum atomic E-state index is 10.8. The number of aromatic nitrogens is 4. The standard InChI is InChI=1S/C24H24BrN7O2/c25-19-14-27-23-20(29-22(30-23)18-5-1-3-16(11-18)13-28-24(33)34)21(19)32-9-7-31(8-10-32)15-17-4-2-6-26-12-17/h1-6,11-12,14,28H,7-10,13,15H2,(H,33,34)(H,27,29,30). The summed E-state index contributed by atoms with van der Waals surface area (Å²) in [6.07, 6.45) is 4.49. The summed E-state index contributed by atoms with van der Waals surface area (Å²) in [5.41, 5.74) is 5.54. The Balaban J connectivity index is 1.36. The number of aromatic amines is 1. The van der Waals surface area contributed by atoms with Crippen molar-refractivity contribution in [2.24, 2.45) is 0 Å². The average molecular weight is 522 g/mol. The zero-order chi connectivity index (χ0) is 23.5. The molecule has 0 radical (unpaired) electrons. The summed E-state index contributed by atoms with van der Waals surface area (Å²) in [6.45, 7) is 4.80. The summed E-state index contributed by atoms with van der Waals surface area (Å²) in [5, 5.41) is 11.3. The van der Waals surface area contributed by atoms with Crippen molar-refractivity contribution in [2.45, 2.75) is 13.1 Å². The van der Waals surface area contributed by atoms with E-state index in [0.29, 0.717) is 5.82 Å². The fourth-order valence-electron chi connectivity index (χ4n) is 4.24. The van der Waals surface area contributed by atoms with Crippen molar-refractivity contribution in [3.8, 4) is 11.4 Å². The minimum atomic E-state index is -1.05. The highest BCUT2D eigenvalue weighted by Gasteiger charge is 2.23. The first-order chi connectivity index (χ1) is 16.6. The van der Waals surface area contributed by atoms with Gasteiger partial charge >= 0.3 is 6.09 Å². The topological polar surface area (TPSA) is 110 Å². The molecule has 1 aliphatic heterocycles. The van der Waals surface area contributed by atoms with Crippen molar-refractivity contribution < 1.29 is 9.90 Å². The van der Waals surface area contributed by atoms with Gasteiger partial charge in [0, 0.05) is 63.4 Å². The molecule has 4 heterocycles. The molecular formula is C24H24BrN7O2. The number of amides is 1. The van der Waals surface area contributed by atoms with E-state index in [4.69, 9.17) is 10.1 Å². The molecule has 0 spiro atoms. The van der Waals surface area contributed by atoms with Gasteiger partial charge in [-0.1, -0.05) is 24.3 Å². The van der Waals surface area contributed by atoms with Crippen molar-refractivity contribution in [1.82, 2.24) is 30.2 Å². The fourth-order valence-corrected chi connectivity index (χ4v) is 4.78. The quantitative estimate of drug-likeness (QED) is 0.353. The molecule has 1 aromatic carbocycles. The van der Waals surface area contributed by atoms with Gasteiger partial charge in [0.15, 0.2) is 5.65 Å². The number of benzene rings is 1. The van der Waals surface area contributed by atoms with E-state index < -0.39 is 6.09 Å². The molecular weight excluding hydrogens is 498 g/mol. The van der Waals surface area contributed by atoms with Gasteiger partial charge in [0.2, 0.25) is 0 Å². The van der Waals surface area contributed by atoms with Crippen LogP contribution in [0.3, 0.4) is 0 Å². The molecule has 3 N–H and O–H groups in total. The summed E-state index contributed by atoms with van der Waals surface area (Å²) in [4.78, 5) is 32.6. The maximum absolute atomic E-state index is 10.8. The lowest BCUT2D eigenvalue weighted by molar-refractivity contribution is 0.194. The van der Waals surface area contributed by atoms with Gasteiger partial charge in [-0.15, -0.1) is 0 Å². The van der Waals surface area contributed by atoms with Crippen LogP contribution in [0.5, 0.6) is 0 Å². The number of imidazole rings is 1. The Hall–Kier alpha value is -3.50. The Morgan fingerprint density at radius 2 is 1.94 bits per heavy atom. The number of anilines is 1. The van der Waals surface area contributed by atoms with Crippen LogP contribution < -0.4 is 10.2 Å². The molecule has 3 aromatic heterocycles. The first-order valence-corrected chi connectivity index (χ1v) is 11.8. The van der Waals surface area contributed by atoms with E-state index in [1.165, 1.54) is 5.56 Å². The Morgan fingerprint density at radius 1 is 1.12 bits per heavy atom. The van der Waals surface area contributed by atoms with Gasteiger partial charge in [-0.05, 0) is 39.2 Å². The number of rotatable bonds is 6. The van der Waals surface area contributed by atoms with Gasteiger partial charge in [0.05, 0.1) is 10.2 Å². The van der Waals surface area contributed by atoms with Gasteiger partial charge in [0.1, 0.15) is 11.3 Å². The second-order valence-electron chi connectivity index (χ2n) is 8.22. The second-order valence-corrected chi connectivity index (χ2v) is 9.08. The van der Waals surface area contributed by atoms with Crippen LogP contribution in [0.2, 0.25) is 0 Å². The minimum Gasteiger partial charge on any atom is -0.465 e. The number of H-pyrrole nitrogens is 1. The molecule has 0 atom stereocenters. The number of carbonyl (C=O) groups is 1. The van der Waals surface area contributed by atoms with Crippen LogP contribution in [0, 0.1) is 0 Å². The SMILES string of the molecule is O=C(O)NCc1cccc(-c2nc3c(N4CCN(Cc5cccnc5)CC4)c(Br)cnc3[nH]2)c1. The van der Waals surface area contributed by atoms with Crippen LogP contribution >= 0.6 is 15.9 Å². The molecule has 1 aliphatic rings. The molecule has 0 bridgehead atoms. The minimum absolute atomic E-state index is 0.238. The lowest BCUT2D eigenvalue weighted by atomic mass is 10.1. The molecule has 1 amide bonds. The van der Waals surface area contributed by atoms with Crippen LogP contribution in [-0.4, -0.2) is 62.2 Å². The highest BCUT2D eigenvalue weighted by molar-refractivity contribution is 9.10. The van der Waals surface area contributed by atoms with Crippen LogP contribution in [0.1, 0.15) is 11.1 Å². The van der Waals surface area contributed by atoms with E-state index in [9.17, 15) is 4.79 Å². The van der Waals surface area contributed by atoms with Crippen LogP contribution in [0.15, 0.2) is 59.5 Å². The van der Waals surface area contributed by atoms with E-state index in [2.05, 4.69) is 52.1 Å². The zero-order valence-corrected chi connectivity index (χ0v) is 20.0. The molecule has 10 heteroatoms. The number of pyridine rings is 2. The third kappa shape index (κ3) is 4.87. The molecule has 0 saturated carbocycles. The average Bonchev–Trinajstić information content (AvgIpc) is 3.29. The van der Waals surface area contributed by atoms with E-state index in [1.807, 2.05) is 42.7 Å². The van der Waals surface area contributed by atoms with Crippen molar-refractivity contribution in [2.75, 3.05) is 31.1 Å². The molecule has 1 fully saturated rings. The Labute approximate surface area is 205 Å². The van der Waals surface area contributed by atoms with Gasteiger partial charge in [0.25, 0.3) is 0 Å². The predicted octanol–water partition coefficient (Wildman–Crippen LogP) is 3.87. The summed E-state index contributed by atoms with van der Waals surface area (Å²) in [5.74, 6) is 0.703. The highest BCUT2D eigenvalue weighted by atomic mass is 79.9. The molecule has 34 heavy (non-hydrogen) atoms. The summed E-state index contributed by atoms with van der Waals surface area (Å²) < 4.78 is 0.915. The third-order valence-electron chi connectivity index (χ3n) is 5.90. The number of nitrogens with zero attached hydrogens (tertiary/aromatic N) is 5. The zero-order valence-electron chi connectivity index (χ0n) is 18.4. The van der Waals surface area contributed by atoms with Crippen LogP contribution in [0.4, 0.5) is 10.5 Å². The number of fused-ring (bicyclic) bond motifs is 1. The van der Waals surface area contributed by atoms with Gasteiger partial charge in [-0.2, -0.15) is 0 Å². The number of nitrogens with one attached hydrogen (secondary N) is 2. The Morgan fingerprint density at radius 3 is 2.71 bits per heavy atom. The third-order valence-corrected chi connectivity index (χ3v) is 6.48. The predicted molar refractivity (Wildman–Crippen MR) is 134 cm³/mol. The number of carboxylic acid groups (broad SMARTS) is 1. The number of hydrogen-bond donors (Lipinski definition) is 3. The van der Waals surface area contributed by atoms with E-state index in [-0.39, 0.29) is 6.54 Å². The van der Waals surface area contributed by atoms with Crippen LogP contribution in [-0.2, 0) is 13.1 Å². The first-order valence-electron chi connectivity index (χ1n) is 11.0. The Kier molecular flexibility index (Phi) is 6.41. The van der Waals surface area contributed by atoms with Crippen molar-refractivity contribution >= 4 is 38.9 Å². The van der Waals surface area contributed by atoms with Gasteiger partial charge < -0.3 is 20.3 Å². The van der Waals surface area contributed by atoms with Crippen molar-refractivity contribution in [3.63, 3.8) is 0 Å². The van der Waals surface area contributed by atoms with Crippen LogP contribution in [0.25, 0.3) is 22.6 Å². The summed E-state index contributed by atoms with van der Waals surface area (Å²) >= 11 is 3.69. The Bertz CT molecular complexity index is 1300. The first kappa shape index (κ1) is 22.3. The summed E-state index contributed by atoms with van der Waals surface area (Å²) in [7, 11) is 0. The molecule has 174 valence electrons. The molecule has 9 nitrogen and oxygen atoms in total. The largest absolute Gasteiger partial charge is 0.465 e. The lowest BCUT2D eigenvalue weighted by Crippen LogP contribution is -2.46. The normalized spacial score (nSPS) is 14.4. The molecule has 4 aromatic rings. The number of piperazine rings is 1. The second kappa shape index (κ2) is 9.78. The molecule has 0 unspecified atom stereocenters. The fraction of sp³-hybridized carbons (Fsp3) is 0.250. The van der Waals surface area contributed by atoms with Gasteiger partial charge in [-0.25, -0.2) is 14.8 Å². The lowest BCUT2D eigenvalue weighted by Gasteiger charge is -2.36. The maximum Gasteiger partial charge on any atom is 0.404 e. The monoisotopic (exact) mass is 521 g/mol. The van der Waals surface area contributed by atoms with E-state index >= 15 is 0 Å². The number of hydrogen-bond acceptors (Lipinski definition) is 6.